The van der Waals surface area contributed by atoms with E-state index in [1.807, 2.05) is 72.0 Å². The number of aromatic nitrogens is 4. The van der Waals surface area contributed by atoms with E-state index in [1.165, 1.54) is 5.56 Å². The summed E-state index contributed by atoms with van der Waals surface area (Å²) in [6.07, 6.45) is 0.888. The average Bonchev–Trinajstić information content (AvgIpc) is 3.24. The van der Waals surface area contributed by atoms with Crippen LogP contribution in [0.1, 0.15) is 11.1 Å². The molecule has 2 heterocycles. The third kappa shape index (κ3) is 3.54. The van der Waals surface area contributed by atoms with Crippen LogP contribution in [0.3, 0.4) is 0 Å². The maximum absolute atomic E-state index is 13.4. The summed E-state index contributed by atoms with van der Waals surface area (Å²) in [6.45, 7) is 1.99. The van der Waals surface area contributed by atoms with E-state index in [-0.39, 0.29) is 5.56 Å². The minimum Gasteiger partial charge on any atom is -0.497 e. The van der Waals surface area contributed by atoms with Gasteiger partial charge >= 0.3 is 0 Å². The number of rotatable bonds is 6. The summed E-state index contributed by atoms with van der Waals surface area (Å²) in [7, 11) is 1.67. The van der Waals surface area contributed by atoms with Gasteiger partial charge < -0.3 is 4.74 Å². The molecule has 0 radical (unpaired) electrons. The predicted octanol–water partition coefficient (Wildman–Crippen LogP) is 4.69. The molecule has 32 heavy (non-hydrogen) atoms. The molecule has 2 aromatic heterocycles. The maximum atomic E-state index is 13.4. The van der Waals surface area contributed by atoms with Crippen molar-refractivity contribution in [2.45, 2.75) is 18.5 Å². The van der Waals surface area contributed by atoms with Gasteiger partial charge in [0.05, 0.1) is 23.7 Å². The van der Waals surface area contributed by atoms with E-state index in [4.69, 9.17) is 4.74 Å². The van der Waals surface area contributed by atoms with Gasteiger partial charge in [0.2, 0.25) is 5.78 Å². The largest absolute Gasteiger partial charge is 0.497 e. The zero-order chi connectivity index (χ0) is 22.1. The summed E-state index contributed by atoms with van der Waals surface area (Å²) in [6, 6.07) is 23.6. The van der Waals surface area contributed by atoms with Crippen LogP contribution in [0.4, 0.5) is 0 Å². The van der Waals surface area contributed by atoms with E-state index < -0.39 is 0 Å². The molecule has 0 aliphatic rings. The lowest BCUT2D eigenvalue weighted by atomic mass is 10.2. The minimum absolute atomic E-state index is 0.0930. The smallest absolute Gasteiger partial charge is 0.267 e. The number of para-hydroxylation sites is 2. The van der Waals surface area contributed by atoms with Crippen molar-refractivity contribution in [3.05, 3.63) is 94.3 Å². The zero-order valence-electron chi connectivity index (χ0n) is 17.9. The number of aryl methyl sites for hydroxylation is 2. The molecule has 5 rings (SSSR count). The highest BCUT2D eigenvalue weighted by atomic mass is 32.2. The first-order valence-electron chi connectivity index (χ1n) is 10.4. The van der Waals surface area contributed by atoms with Crippen LogP contribution in [0.25, 0.3) is 22.4 Å². The number of fused-ring (bicyclic) bond motifs is 3. The Morgan fingerprint density at radius 2 is 1.69 bits per heavy atom. The number of thioether (sulfide) groups is 1. The summed E-state index contributed by atoms with van der Waals surface area (Å²) >= 11 is 1.63. The third-order valence-electron chi connectivity index (χ3n) is 5.53. The van der Waals surface area contributed by atoms with Gasteiger partial charge in [0.25, 0.3) is 5.56 Å². The molecule has 160 valence electrons. The van der Waals surface area contributed by atoms with Gasteiger partial charge in [-0.1, -0.05) is 54.2 Å². The highest BCUT2D eigenvalue weighted by Gasteiger charge is 2.18. The zero-order valence-corrected chi connectivity index (χ0v) is 18.7. The predicted molar refractivity (Wildman–Crippen MR) is 128 cm³/mol. The summed E-state index contributed by atoms with van der Waals surface area (Å²) in [5.41, 5.74) is 3.77. The Labute approximate surface area is 189 Å². The van der Waals surface area contributed by atoms with E-state index in [0.717, 1.165) is 39.8 Å². The average molecular weight is 443 g/mol. The lowest BCUT2D eigenvalue weighted by Gasteiger charge is -2.13. The Kier molecular flexibility index (Phi) is 5.41. The molecule has 0 saturated heterocycles. The lowest BCUT2D eigenvalue weighted by molar-refractivity contribution is 0.414. The molecule has 0 N–H and O–H groups in total. The van der Waals surface area contributed by atoms with Gasteiger partial charge in [-0.25, -0.2) is 4.57 Å². The number of benzene rings is 3. The highest BCUT2D eigenvalue weighted by molar-refractivity contribution is 7.99. The van der Waals surface area contributed by atoms with Crippen molar-refractivity contribution in [3.63, 3.8) is 0 Å². The SMILES string of the molecule is COc1ccc(CCSc2nnc3n(-c4ccccc4C)c(=O)c4ccccc4n23)cc1. The van der Waals surface area contributed by atoms with Crippen molar-refractivity contribution in [1.29, 1.82) is 0 Å². The van der Waals surface area contributed by atoms with Crippen LogP contribution < -0.4 is 10.3 Å². The van der Waals surface area contributed by atoms with Gasteiger partial charge in [0.1, 0.15) is 5.75 Å². The Balaban J connectivity index is 1.58. The molecule has 0 aliphatic carbocycles. The molecule has 0 fully saturated rings. The van der Waals surface area contributed by atoms with E-state index in [9.17, 15) is 4.79 Å². The van der Waals surface area contributed by atoms with Crippen molar-refractivity contribution in [1.82, 2.24) is 19.2 Å². The number of ether oxygens (including phenoxy) is 1. The second-order valence-electron chi connectivity index (χ2n) is 7.51. The van der Waals surface area contributed by atoms with E-state index in [1.54, 1.807) is 23.4 Å². The topological polar surface area (TPSA) is 61.4 Å². The summed E-state index contributed by atoms with van der Waals surface area (Å²) in [4.78, 5) is 13.4. The fourth-order valence-corrected chi connectivity index (χ4v) is 4.78. The molecule has 0 bridgehead atoms. The first-order chi connectivity index (χ1) is 15.7. The number of nitrogens with zero attached hydrogens (tertiary/aromatic N) is 4. The standard InChI is InChI=1S/C25H22N4O2S/c1-17-7-3-5-9-21(17)28-23(30)20-8-4-6-10-22(20)29-24(28)26-27-25(29)32-16-15-18-11-13-19(31-2)14-12-18/h3-14H,15-16H2,1-2H3. The Hall–Kier alpha value is -3.58. The molecule has 0 amide bonds. The first kappa shape index (κ1) is 20.3. The first-order valence-corrected chi connectivity index (χ1v) is 11.4. The van der Waals surface area contributed by atoms with Gasteiger partial charge in [-0.2, -0.15) is 0 Å². The second kappa shape index (κ2) is 8.51. The highest BCUT2D eigenvalue weighted by Crippen LogP contribution is 2.25. The molecule has 7 heteroatoms. The molecule has 0 saturated carbocycles. The maximum Gasteiger partial charge on any atom is 0.267 e. The van der Waals surface area contributed by atoms with Crippen LogP contribution in [0.5, 0.6) is 5.75 Å². The van der Waals surface area contributed by atoms with Crippen molar-refractivity contribution >= 4 is 28.4 Å². The minimum atomic E-state index is -0.0930. The molecule has 5 aromatic rings. The third-order valence-corrected chi connectivity index (χ3v) is 6.46. The number of methoxy groups -OCH3 is 1. The molecule has 0 unspecified atom stereocenters. The van der Waals surface area contributed by atoms with Crippen LogP contribution >= 0.6 is 11.8 Å². The van der Waals surface area contributed by atoms with E-state index in [0.29, 0.717) is 11.2 Å². The molecular weight excluding hydrogens is 420 g/mol. The molecule has 3 aromatic carbocycles. The van der Waals surface area contributed by atoms with Gasteiger partial charge in [-0.05, 0) is 54.8 Å². The number of hydrogen-bond acceptors (Lipinski definition) is 5. The van der Waals surface area contributed by atoms with Crippen LogP contribution in [0.2, 0.25) is 0 Å². The molecule has 0 atom stereocenters. The monoisotopic (exact) mass is 442 g/mol. The fraction of sp³-hybridized carbons (Fsp3) is 0.160. The van der Waals surface area contributed by atoms with Gasteiger partial charge in [0, 0.05) is 5.75 Å². The second-order valence-corrected chi connectivity index (χ2v) is 8.57. The molecular formula is C25H22N4O2S. The van der Waals surface area contributed by atoms with E-state index in [2.05, 4.69) is 22.3 Å². The normalized spacial score (nSPS) is 11.3. The van der Waals surface area contributed by atoms with Crippen molar-refractivity contribution < 1.29 is 4.74 Å². The summed E-state index contributed by atoms with van der Waals surface area (Å²) < 4.78 is 8.89. The molecule has 0 spiro atoms. The summed E-state index contributed by atoms with van der Waals surface area (Å²) in [5, 5.41) is 10.3. The number of hydrogen-bond donors (Lipinski definition) is 0. The Bertz CT molecular complexity index is 1470. The molecule has 6 nitrogen and oxygen atoms in total. The van der Waals surface area contributed by atoms with Gasteiger partial charge in [-0.3, -0.25) is 9.20 Å². The van der Waals surface area contributed by atoms with Crippen molar-refractivity contribution in [2.75, 3.05) is 12.9 Å². The van der Waals surface area contributed by atoms with Crippen molar-refractivity contribution in [2.24, 2.45) is 0 Å². The van der Waals surface area contributed by atoms with Gasteiger partial charge in [-0.15, -0.1) is 10.2 Å². The van der Waals surface area contributed by atoms with Gasteiger partial charge in [0.15, 0.2) is 5.16 Å². The quantitative estimate of drug-likeness (QED) is 0.357. The summed E-state index contributed by atoms with van der Waals surface area (Å²) in [5.74, 6) is 2.21. The van der Waals surface area contributed by atoms with Crippen LogP contribution in [0.15, 0.2) is 82.7 Å². The Morgan fingerprint density at radius 1 is 0.938 bits per heavy atom. The Morgan fingerprint density at radius 3 is 2.47 bits per heavy atom. The van der Waals surface area contributed by atoms with Crippen molar-refractivity contribution in [3.8, 4) is 11.4 Å². The molecule has 0 aliphatic heterocycles. The van der Waals surface area contributed by atoms with Crippen LogP contribution in [-0.4, -0.2) is 32.0 Å². The fourth-order valence-electron chi connectivity index (χ4n) is 3.86. The van der Waals surface area contributed by atoms with Crippen LogP contribution in [0, 0.1) is 6.92 Å². The lowest BCUT2D eigenvalue weighted by Crippen LogP contribution is -2.22. The van der Waals surface area contributed by atoms with E-state index >= 15 is 0 Å². The van der Waals surface area contributed by atoms with Crippen LogP contribution in [-0.2, 0) is 6.42 Å².